The maximum atomic E-state index is 12.0. The topological polar surface area (TPSA) is 50.4 Å². The third kappa shape index (κ3) is 3.27. The minimum Gasteiger partial charge on any atom is -0.445 e. The van der Waals surface area contributed by atoms with Crippen LogP contribution < -0.4 is 10.6 Å². The van der Waals surface area contributed by atoms with E-state index < -0.39 is 0 Å². The molecule has 4 heteroatoms. The number of rotatable bonds is 3. The molecule has 0 spiro atoms. The van der Waals surface area contributed by atoms with Crippen LogP contribution in [0.5, 0.6) is 0 Å². The Morgan fingerprint density at radius 3 is 2.90 bits per heavy atom. The number of fused-ring (bicyclic) bond motifs is 1. The second kappa shape index (κ2) is 6.31. The Hall–Kier alpha value is -1.81. The molecule has 2 N–H and O–H groups in total. The smallest absolute Gasteiger partial charge is 0.407 e. The Labute approximate surface area is 125 Å². The summed E-state index contributed by atoms with van der Waals surface area (Å²) in [6.45, 7) is 4.43. The highest BCUT2D eigenvalue weighted by molar-refractivity contribution is 5.67. The van der Waals surface area contributed by atoms with Crippen molar-refractivity contribution in [3.05, 3.63) is 48.0 Å². The van der Waals surface area contributed by atoms with Gasteiger partial charge in [0, 0.05) is 19.1 Å². The molecule has 2 aliphatic rings. The van der Waals surface area contributed by atoms with Crippen LogP contribution in [0.15, 0.2) is 42.5 Å². The van der Waals surface area contributed by atoms with E-state index in [-0.39, 0.29) is 12.1 Å². The molecule has 0 aromatic heterocycles. The fourth-order valence-corrected chi connectivity index (χ4v) is 3.29. The lowest BCUT2D eigenvalue weighted by molar-refractivity contribution is 0.126. The van der Waals surface area contributed by atoms with E-state index in [2.05, 4.69) is 29.7 Å². The predicted octanol–water partition coefficient (Wildman–Crippen LogP) is 2.32. The third-order valence-electron chi connectivity index (χ3n) is 4.50. The van der Waals surface area contributed by atoms with Crippen molar-refractivity contribution in [1.82, 2.24) is 10.6 Å². The summed E-state index contributed by atoms with van der Waals surface area (Å²) in [5, 5.41) is 6.46. The minimum atomic E-state index is -0.323. The van der Waals surface area contributed by atoms with Gasteiger partial charge < -0.3 is 15.4 Å². The molecule has 0 bridgehead atoms. The van der Waals surface area contributed by atoms with Crippen LogP contribution >= 0.6 is 0 Å². The molecule has 0 radical (unpaired) electrons. The fraction of sp³-hybridized carbons (Fsp3) is 0.471. The van der Waals surface area contributed by atoms with E-state index >= 15 is 0 Å². The number of amides is 1. The second-order valence-corrected chi connectivity index (χ2v) is 5.96. The maximum absolute atomic E-state index is 12.0. The number of carbonyl (C=O) groups is 1. The predicted molar refractivity (Wildman–Crippen MR) is 81.7 cm³/mol. The molecule has 1 aromatic carbocycles. The van der Waals surface area contributed by atoms with Crippen LogP contribution in [0, 0.1) is 17.8 Å². The lowest BCUT2D eigenvalue weighted by Crippen LogP contribution is -2.48. The number of carbonyl (C=O) groups excluding carboxylic acids is 1. The van der Waals surface area contributed by atoms with Gasteiger partial charge in [-0.15, -0.1) is 0 Å². The molecular formula is C17H22N2O2. The number of hydrogen-bond donors (Lipinski definition) is 2. The van der Waals surface area contributed by atoms with Crippen molar-refractivity contribution in [1.29, 1.82) is 0 Å². The van der Waals surface area contributed by atoms with E-state index in [4.69, 9.17) is 4.74 Å². The molecule has 1 saturated heterocycles. The summed E-state index contributed by atoms with van der Waals surface area (Å²) in [4.78, 5) is 12.0. The zero-order valence-corrected chi connectivity index (χ0v) is 12.3. The molecule has 1 aromatic rings. The average molecular weight is 286 g/mol. The maximum Gasteiger partial charge on any atom is 0.407 e. The Kier molecular flexibility index (Phi) is 4.25. The van der Waals surface area contributed by atoms with Crippen molar-refractivity contribution in [2.45, 2.75) is 19.6 Å². The molecule has 3 rings (SSSR count). The highest BCUT2D eigenvalue weighted by Gasteiger charge is 2.38. The van der Waals surface area contributed by atoms with Crippen LogP contribution in [0.1, 0.15) is 12.5 Å². The van der Waals surface area contributed by atoms with Gasteiger partial charge in [0.25, 0.3) is 0 Å². The molecule has 1 aliphatic carbocycles. The van der Waals surface area contributed by atoms with Gasteiger partial charge in [-0.1, -0.05) is 49.4 Å². The van der Waals surface area contributed by atoms with Crippen molar-refractivity contribution in [2.75, 3.05) is 13.1 Å². The van der Waals surface area contributed by atoms with Crippen LogP contribution in [0.2, 0.25) is 0 Å². The normalized spacial score (nSPS) is 30.7. The van der Waals surface area contributed by atoms with Gasteiger partial charge >= 0.3 is 6.09 Å². The Morgan fingerprint density at radius 1 is 1.29 bits per heavy atom. The SMILES string of the molecule is CC1C=CC2CNCC2C1NC(=O)OCc1ccccc1. The minimum absolute atomic E-state index is 0.151. The summed E-state index contributed by atoms with van der Waals surface area (Å²) in [7, 11) is 0. The first-order chi connectivity index (χ1) is 10.2. The number of ether oxygens (including phenoxy) is 1. The zero-order chi connectivity index (χ0) is 14.7. The van der Waals surface area contributed by atoms with Crippen molar-refractivity contribution < 1.29 is 9.53 Å². The van der Waals surface area contributed by atoms with E-state index in [1.165, 1.54) is 0 Å². The molecule has 21 heavy (non-hydrogen) atoms. The molecule has 1 aliphatic heterocycles. The van der Waals surface area contributed by atoms with E-state index in [0.29, 0.717) is 24.4 Å². The van der Waals surface area contributed by atoms with Crippen LogP contribution in [0.4, 0.5) is 4.79 Å². The summed E-state index contributed by atoms with van der Waals surface area (Å²) in [5.41, 5.74) is 1.00. The molecule has 0 saturated carbocycles. The van der Waals surface area contributed by atoms with Gasteiger partial charge in [-0.2, -0.15) is 0 Å². The lowest BCUT2D eigenvalue weighted by atomic mass is 9.77. The van der Waals surface area contributed by atoms with E-state index in [9.17, 15) is 4.79 Å². The van der Waals surface area contributed by atoms with Crippen LogP contribution in [0.25, 0.3) is 0 Å². The average Bonchev–Trinajstić information content (AvgIpc) is 2.98. The Bertz CT molecular complexity index is 515. The first-order valence-corrected chi connectivity index (χ1v) is 7.60. The van der Waals surface area contributed by atoms with Crippen molar-refractivity contribution in [3.63, 3.8) is 0 Å². The van der Waals surface area contributed by atoms with Crippen LogP contribution in [-0.4, -0.2) is 25.2 Å². The first kappa shape index (κ1) is 14.1. The molecule has 112 valence electrons. The summed E-state index contributed by atoms with van der Waals surface area (Å²) in [5.74, 6) is 1.34. The number of benzene rings is 1. The molecule has 1 fully saturated rings. The van der Waals surface area contributed by atoms with E-state index in [1.54, 1.807) is 0 Å². The third-order valence-corrected chi connectivity index (χ3v) is 4.50. The fourth-order valence-electron chi connectivity index (χ4n) is 3.29. The highest BCUT2D eigenvalue weighted by atomic mass is 16.5. The highest BCUT2D eigenvalue weighted by Crippen LogP contribution is 2.31. The van der Waals surface area contributed by atoms with Gasteiger partial charge in [0.2, 0.25) is 0 Å². The van der Waals surface area contributed by atoms with Gasteiger partial charge in [0.15, 0.2) is 0 Å². The van der Waals surface area contributed by atoms with Crippen molar-refractivity contribution >= 4 is 6.09 Å². The summed E-state index contributed by atoms with van der Waals surface area (Å²) >= 11 is 0. The van der Waals surface area contributed by atoms with E-state index in [0.717, 1.165) is 18.7 Å². The van der Waals surface area contributed by atoms with Gasteiger partial charge in [0.05, 0.1) is 0 Å². The molecular weight excluding hydrogens is 264 g/mol. The largest absolute Gasteiger partial charge is 0.445 e. The molecule has 4 unspecified atom stereocenters. The van der Waals surface area contributed by atoms with Crippen LogP contribution in [0.3, 0.4) is 0 Å². The molecule has 1 heterocycles. The van der Waals surface area contributed by atoms with Gasteiger partial charge in [-0.3, -0.25) is 0 Å². The summed E-state index contributed by atoms with van der Waals surface area (Å²) in [6, 6.07) is 9.90. The second-order valence-electron chi connectivity index (χ2n) is 5.96. The number of nitrogens with one attached hydrogen (secondary N) is 2. The van der Waals surface area contributed by atoms with Crippen LogP contribution in [-0.2, 0) is 11.3 Å². The molecule has 4 nitrogen and oxygen atoms in total. The molecule has 1 amide bonds. The van der Waals surface area contributed by atoms with Crippen molar-refractivity contribution in [2.24, 2.45) is 17.8 Å². The number of hydrogen-bond acceptors (Lipinski definition) is 3. The van der Waals surface area contributed by atoms with Crippen molar-refractivity contribution in [3.8, 4) is 0 Å². The molecule has 4 atom stereocenters. The Balaban J connectivity index is 1.55. The number of alkyl carbamates (subject to hydrolysis) is 1. The summed E-state index contributed by atoms with van der Waals surface area (Å²) < 4.78 is 5.33. The zero-order valence-electron chi connectivity index (χ0n) is 12.3. The van der Waals surface area contributed by atoms with E-state index in [1.807, 2.05) is 30.3 Å². The first-order valence-electron chi connectivity index (χ1n) is 7.60. The van der Waals surface area contributed by atoms with Gasteiger partial charge in [0.1, 0.15) is 6.61 Å². The quantitative estimate of drug-likeness (QED) is 0.838. The lowest BCUT2D eigenvalue weighted by Gasteiger charge is -2.34. The monoisotopic (exact) mass is 286 g/mol. The standard InChI is InChI=1S/C17H22N2O2/c1-12-7-8-14-9-18-10-15(14)16(12)19-17(20)21-11-13-5-3-2-4-6-13/h2-8,12,14-16,18H,9-11H2,1H3,(H,19,20). The van der Waals surface area contributed by atoms with Gasteiger partial charge in [-0.05, 0) is 23.3 Å². The summed E-state index contributed by atoms with van der Waals surface area (Å²) in [6.07, 6.45) is 4.16. The van der Waals surface area contributed by atoms with Gasteiger partial charge in [-0.25, -0.2) is 4.79 Å². The Morgan fingerprint density at radius 2 is 2.10 bits per heavy atom.